The molecule has 2 N–H and O–H groups in total. The number of methoxy groups -OCH3 is 1. The van der Waals surface area contributed by atoms with E-state index >= 15 is 0 Å². The standard InChI is InChI=1S/C19H24N2O3/c1-13-5-8-18(23-4)17(11-13)21-19(22)20-9-10-24-16-7-6-14(2)15(3)12-16/h5-8,11-12H,9-10H2,1-4H3,(H2,20,21,22). The third-order valence-corrected chi connectivity index (χ3v) is 3.74. The van der Waals surface area contributed by atoms with Crippen LogP contribution < -0.4 is 20.1 Å². The Labute approximate surface area is 143 Å². The van der Waals surface area contributed by atoms with Crippen molar-refractivity contribution in [3.8, 4) is 11.5 Å². The highest BCUT2D eigenvalue weighted by Crippen LogP contribution is 2.24. The quantitative estimate of drug-likeness (QED) is 0.793. The number of benzene rings is 2. The molecule has 2 aromatic carbocycles. The molecule has 2 aromatic rings. The van der Waals surface area contributed by atoms with E-state index < -0.39 is 0 Å². The maximum atomic E-state index is 12.0. The van der Waals surface area contributed by atoms with E-state index in [4.69, 9.17) is 9.47 Å². The normalized spacial score (nSPS) is 10.2. The molecule has 0 spiro atoms. The number of carbonyl (C=O) groups is 1. The molecule has 5 heteroatoms. The van der Waals surface area contributed by atoms with Crippen molar-refractivity contribution in [2.45, 2.75) is 20.8 Å². The molecule has 0 fully saturated rings. The van der Waals surface area contributed by atoms with Crippen LogP contribution >= 0.6 is 0 Å². The van der Waals surface area contributed by atoms with E-state index in [-0.39, 0.29) is 6.03 Å². The first kappa shape index (κ1) is 17.7. The molecule has 0 unspecified atom stereocenters. The lowest BCUT2D eigenvalue weighted by Crippen LogP contribution is -2.32. The molecule has 2 rings (SSSR count). The summed E-state index contributed by atoms with van der Waals surface area (Å²) in [6.45, 7) is 6.88. The summed E-state index contributed by atoms with van der Waals surface area (Å²) in [6.07, 6.45) is 0. The molecule has 0 aromatic heterocycles. The average molecular weight is 328 g/mol. The minimum atomic E-state index is -0.289. The maximum Gasteiger partial charge on any atom is 0.319 e. The van der Waals surface area contributed by atoms with Gasteiger partial charge in [0.15, 0.2) is 0 Å². The van der Waals surface area contributed by atoms with Crippen molar-refractivity contribution >= 4 is 11.7 Å². The number of aryl methyl sites for hydroxylation is 3. The highest BCUT2D eigenvalue weighted by Gasteiger charge is 2.07. The number of carbonyl (C=O) groups excluding carboxylic acids is 1. The Kier molecular flexibility index (Phi) is 6.07. The van der Waals surface area contributed by atoms with Crippen molar-refractivity contribution in [2.75, 3.05) is 25.6 Å². The number of amides is 2. The third kappa shape index (κ3) is 4.91. The Balaban J connectivity index is 1.79. The Bertz CT molecular complexity index is 714. The molecule has 0 heterocycles. The summed E-state index contributed by atoms with van der Waals surface area (Å²) in [5, 5.41) is 5.55. The van der Waals surface area contributed by atoms with Gasteiger partial charge in [0.2, 0.25) is 0 Å². The predicted octanol–water partition coefficient (Wildman–Crippen LogP) is 3.82. The lowest BCUT2D eigenvalue weighted by atomic mass is 10.1. The number of hydrogen-bond donors (Lipinski definition) is 2. The first-order chi connectivity index (χ1) is 11.5. The number of nitrogens with one attached hydrogen (secondary N) is 2. The summed E-state index contributed by atoms with van der Waals surface area (Å²) < 4.78 is 10.9. The van der Waals surface area contributed by atoms with Crippen LogP contribution in [-0.4, -0.2) is 26.3 Å². The summed E-state index contributed by atoms with van der Waals surface area (Å²) in [5.41, 5.74) is 4.10. The molecule has 24 heavy (non-hydrogen) atoms. The van der Waals surface area contributed by atoms with E-state index in [1.165, 1.54) is 11.1 Å². The molecule has 0 atom stereocenters. The zero-order chi connectivity index (χ0) is 17.5. The van der Waals surface area contributed by atoms with Crippen LogP contribution in [0.1, 0.15) is 16.7 Å². The molecular weight excluding hydrogens is 304 g/mol. The van der Waals surface area contributed by atoms with Crippen LogP contribution in [0.5, 0.6) is 11.5 Å². The summed E-state index contributed by atoms with van der Waals surface area (Å²) >= 11 is 0. The zero-order valence-electron chi connectivity index (χ0n) is 14.6. The monoisotopic (exact) mass is 328 g/mol. The molecule has 128 valence electrons. The van der Waals surface area contributed by atoms with Crippen LogP contribution in [0.15, 0.2) is 36.4 Å². The van der Waals surface area contributed by atoms with Crippen molar-refractivity contribution < 1.29 is 14.3 Å². The van der Waals surface area contributed by atoms with Crippen molar-refractivity contribution in [3.05, 3.63) is 53.1 Å². The second-order valence-corrected chi connectivity index (χ2v) is 5.68. The fraction of sp³-hybridized carbons (Fsp3) is 0.316. The molecular formula is C19H24N2O3. The predicted molar refractivity (Wildman–Crippen MR) is 96.2 cm³/mol. The van der Waals surface area contributed by atoms with Gasteiger partial charge in [-0.25, -0.2) is 4.79 Å². The molecule has 5 nitrogen and oxygen atoms in total. The van der Waals surface area contributed by atoms with Crippen LogP contribution in [0, 0.1) is 20.8 Å². The van der Waals surface area contributed by atoms with Gasteiger partial charge in [0.25, 0.3) is 0 Å². The van der Waals surface area contributed by atoms with Gasteiger partial charge in [-0.15, -0.1) is 0 Å². The molecule has 0 aliphatic heterocycles. The van der Waals surface area contributed by atoms with Gasteiger partial charge in [-0.05, 0) is 61.7 Å². The first-order valence-corrected chi connectivity index (χ1v) is 7.89. The lowest BCUT2D eigenvalue weighted by Gasteiger charge is -2.12. The van der Waals surface area contributed by atoms with E-state index in [0.717, 1.165) is 11.3 Å². The summed E-state index contributed by atoms with van der Waals surface area (Å²) in [6, 6.07) is 11.3. The summed E-state index contributed by atoms with van der Waals surface area (Å²) in [7, 11) is 1.57. The first-order valence-electron chi connectivity index (χ1n) is 7.89. The fourth-order valence-corrected chi connectivity index (χ4v) is 2.22. The van der Waals surface area contributed by atoms with Gasteiger partial charge in [0.1, 0.15) is 18.1 Å². The highest BCUT2D eigenvalue weighted by atomic mass is 16.5. The van der Waals surface area contributed by atoms with Gasteiger partial charge in [0.05, 0.1) is 19.3 Å². The van der Waals surface area contributed by atoms with E-state index in [1.54, 1.807) is 7.11 Å². The summed E-state index contributed by atoms with van der Waals surface area (Å²) in [5.74, 6) is 1.43. The fourth-order valence-electron chi connectivity index (χ4n) is 2.22. The smallest absolute Gasteiger partial charge is 0.319 e. The SMILES string of the molecule is COc1ccc(C)cc1NC(=O)NCCOc1ccc(C)c(C)c1. The van der Waals surface area contributed by atoms with E-state index in [9.17, 15) is 4.79 Å². The Hall–Kier alpha value is -2.69. The van der Waals surface area contributed by atoms with Crippen molar-refractivity contribution in [2.24, 2.45) is 0 Å². The number of ether oxygens (including phenoxy) is 2. The number of urea groups is 1. The van der Waals surface area contributed by atoms with Crippen LogP contribution in [0.25, 0.3) is 0 Å². The Morgan fingerprint density at radius 2 is 1.83 bits per heavy atom. The maximum absolute atomic E-state index is 12.0. The molecule has 0 saturated heterocycles. The third-order valence-electron chi connectivity index (χ3n) is 3.74. The average Bonchev–Trinajstić information content (AvgIpc) is 2.55. The second kappa shape index (κ2) is 8.24. The Morgan fingerprint density at radius 3 is 2.54 bits per heavy atom. The van der Waals surface area contributed by atoms with Gasteiger partial charge >= 0.3 is 6.03 Å². The van der Waals surface area contributed by atoms with E-state index in [0.29, 0.717) is 24.6 Å². The van der Waals surface area contributed by atoms with E-state index in [1.807, 2.05) is 50.2 Å². The topological polar surface area (TPSA) is 59.6 Å². The second-order valence-electron chi connectivity index (χ2n) is 5.68. The van der Waals surface area contributed by atoms with Crippen LogP contribution in [0.4, 0.5) is 10.5 Å². The number of anilines is 1. The molecule has 0 aliphatic rings. The van der Waals surface area contributed by atoms with Crippen LogP contribution in [0.2, 0.25) is 0 Å². The van der Waals surface area contributed by atoms with Gasteiger partial charge in [0, 0.05) is 0 Å². The zero-order valence-corrected chi connectivity index (χ0v) is 14.6. The molecule has 2 amide bonds. The van der Waals surface area contributed by atoms with E-state index in [2.05, 4.69) is 17.6 Å². The van der Waals surface area contributed by atoms with Crippen molar-refractivity contribution in [1.29, 1.82) is 0 Å². The highest BCUT2D eigenvalue weighted by molar-refractivity contribution is 5.91. The minimum Gasteiger partial charge on any atom is -0.495 e. The van der Waals surface area contributed by atoms with Gasteiger partial charge < -0.3 is 20.1 Å². The molecule has 0 aliphatic carbocycles. The van der Waals surface area contributed by atoms with Gasteiger partial charge in [-0.2, -0.15) is 0 Å². The molecule has 0 radical (unpaired) electrons. The number of rotatable bonds is 6. The van der Waals surface area contributed by atoms with Crippen LogP contribution in [0.3, 0.4) is 0 Å². The summed E-state index contributed by atoms with van der Waals surface area (Å²) in [4.78, 5) is 12.0. The van der Waals surface area contributed by atoms with Gasteiger partial charge in [-0.1, -0.05) is 12.1 Å². The minimum absolute atomic E-state index is 0.289. The molecule has 0 bridgehead atoms. The van der Waals surface area contributed by atoms with Crippen molar-refractivity contribution in [3.63, 3.8) is 0 Å². The molecule has 0 saturated carbocycles. The Morgan fingerprint density at radius 1 is 1.04 bits per heavy atom. The van der Waals surface area contributed by atoms with Crippen LogP contribution in [-0.2, 0) is 0 Å². The number of hydrogen-bond acceptors (Lipinski definition) is 3. The van der Waals surface area contributed by atoms with Crippen molar-refractivity contribution in [1.82, 2.24) is 5.32 Å². The lowest BCUT2D eigenvalue weighted by molar-refractivity contribution is 0.247. The largest absolute Gasteiger partial charge is 0.495 e. The van der Waals surface area contributed by atoms with Gasteiger partial charge in [-0.3, -0.25) is 0 Å².